The Balaban J connectivity index is 1.65. The molecule has 1 unspecified atom stereocenters. The standard InChI is InChI=1S/C23H32N6O2/c1-15-9-16(2)21-17(10-15)11-18(22(30)24-21)12-28(13-19-7-6-8-31-19)14-20-25-26-27-29(20)23(3,4)5/h9-11,19H,6-8,12-14H2,1-5H3,(H,24,30)/p+1/t19-/m0/s1. The fourth-order valence-electron chi connectivity index (χ4n) is 4.53. The van der Waals surface area contributed by atoms with Crippen LogP contribution in [0.4, 0.5) is 0 Å². The van der Waals surface area contributed by atoms with Gasteiger partial charge in [0.05, 0.1) is 16.6 Å². The highest BCUT2D eigenvalue weighted by Gasteiger charge is 2.27. The van der Waals surface area contributed by atoms with Crippen LogP contribution in [0, 0.1) is 13.8 Å². The minimum atomic E-state index is -0.205. The van der Waals surface area contributed by atoms with Crippen LogP contribution in [0.25, 0.3) is 10.9 Å². The molecule has 1 aromatic carbocycles. The molecule has 0 amide bonds. The number of benzene rings is 1. The lowest BCUT2D eigenvalue weighted by atomic mass is 10.0. The van der Waals surface area contributed by atoms with Crippen LogP contribution in [0.5, 0.6) is 0 Å². The van der Waals surface area contributed by atoms with Gasteiger partial charge in [-0.15, -0.1) is 5.10 Å². The molecule has 0 bridgehead atoms. The van der Waals surface area contributed by atoms with Crippen molar-refractivity contribution in [2.24, 2.45) is 0 Å². The minimum Gasteiger partial charge on any atom is -0.372 e. The Morgan fingerprint density at radius 3 is 2.74 bits per heavy atom. The molecule has 2 N–H and O–H groups in total. The van der Waals surface area contributed by atoms with Gasteiger partial charge in [-0.3, -0.25) is 4.79 Å². The predicted octanol–water partition coefficient (Wildman–Crippen LogP) is 1.65. The highest BCUT2D eigenvalue weighted by molar-refractivity contribution is 5.82. The lowest BCUT2D eigenvalue weighted by molar-refractivity contribution is -0.931. The van der Waals surface area contributed by atoms with Gasteiger partial charge in [0.15, 0.2) is 0 Å². The van der Waals surface area contributed by atoms with Crippen molar-refractivity contribution in [1.29, 1.82) is 0 Å². The Morgan fingerprint density at radius 2 is 2.03 bits per heavy atom. The van der Waals surface area contributed by atoms with E-state index in [1.807, 2.05) is 17.7 Å². The number of quaternary nitrogens is 1. The van der Waals surface area contributed by atoms with E-state index in [1.165, 1.54) is 10.5 Å². The van der Waals surface area contributed by atoms with E-state index in [9.17, 15) is 4.79 Å². The topological polar surface area (TPSA) is 90.1 Å². The molecule has 0 spiro atoms. The molecule has 3 heterocycles. The van der Waals surface area contributed by atoms with Gasteiger partial charge < -0.3 is 14.6 Å². The summed E-state index contributed by atoms with van der Waals surface area (Å²) in [6.45, 7) is 13.2. The molecule has 1 fully saturated rings. The Kier molecular flexibility index (Phi) is 5.94. The van der Waals surface area contributed by atoms with Crippen LogP contribution in [0.1, 0.15) is 56.1 Å². The summed E-state index contributed by atoms with van der Waals surface area (Å²) in [4.78, 5) is 17.3. The van der Waals surface area contributed by atoms with Crippen molar-refractivity contribution in [2.45, 2.75) is 72.2 Å². The van der Waals surface area contributed by atoms with Gasteiger partial charge in [0, 0.05) is 6.61 Å². The Morgan fingerprint density at radius 1 is 1.23 bits per heavy atom. The summed E-state index contributed by atoms with van der Waals surface area (Å²) in [6.07, 6.45) is 2.35. The molecule has 0 aliphatic carbocycles. The molecule has 2 atom stereocenters. The van der Waals surface area contributed by atoms with Crippen molar-refractivity contribution >= 4 is 10.9 Å². The first-order valence-corrected chi connectivity index (χ1v) is 11.1. The number of rotatable bonds is 6. The summed E-state index contributed by atoms with van der Waals surface area (Å²) in [5, 5.41) is 13.5. The van der Waals surface area contributed by atoms with E-state index < -0.39 is 0 Å². The number of hydrogen-bond donors (Lipinski definition) is 2. The molecule has 1 aliphatic rings. The lowest BCUT2D eigenvalue weighted by Crippen LogP contribution is -3.10. The summed E-state index contributed by atoms with van der Waals surface area (Å²) in [5.41, 5.74) is 3.74. The van der Waals surface area contributed by atoms with Gasteiger partial charge in [0.25, 0.3) is 5.56 Å². The van der Waals surface area contributed by atoms with Crippen LogP contribution >= 0.6 is 0 Å². The fraction of sp³-hybridized carbons (Fsp3) is 0.565. The van der Waals surface area contributed by atoms with Crippen LogP contribution < -0.4 is 10.5 Å². The van der Waals surface area contributed by atoms with Gasteiger partial charge in [-0.1, -0.05) is 11.6 Å². The number of nitrogens with zero attached hydrogens (tertiary/aromatic N) is 4. The maximum atomic E-state index is 12.9. The van der Waals surface area contributed by atoms with E-state index in [4.69, 9.17) is 4.74 Å². The normalized spacial score (nSPS) is 18.0. The van der Waals surface area contributed by atoms with E-state index in [-0.39, 0.29) is 17.2 Å². The molecule has 31 heavy (non-hydrogen) atoms. The van der Waals surface area contributed by atoms with Crippen LogP contribution in [0.15, 0.2) is 23.0 Å². The van der Waals surface area contributed by atoms with E-state index in [0.717, 1.165) is 53.8 Å². The Bertz CT molecular complexity index is 1120. The third kappa shape index (κ3) is 4.85. The summed E-state index contributed by atoms with van der Waals surface area (Å²) in [6, 6.07) is 6.26. The van der Waals surface area contributed by atoms with Gasteiger partial charge in [-0.2, -0.15) is 0 Å². The summed E-state index contributed by atoms with van der Waals surface area (Å²) in [5.74, 6) is 0.824. The van der Waals surface area contributed by atoms with Crippen molar-refractivity contribution in [1.82, 2.24) is 25.2 Å². The van der Waals surface area contributed by atoms with E-state index in [1.54, 1.807) is 0 Å². The number of fused-ring (bicyclic) bond motifs is 1. The maximum Gasteiger partial charge on any atom is 0.257 e. The number of hydrogen-bond acceptors (Lipinski definition) is 5. The van der Waals surface area contributed by atoms with Crippen LogP contribution in [-0.2, 0) is 23.4 Å². The number of H-pyrrole nitrogens is 1. The van der Waals surface area contributed by atoms with Crippen LogP contribution in [0.3, 0.4) is 0 Å². The molecule has 0 radical (unpaired) electrons. The zero-order valence-corrected chi connectivity index (χ0v) is 19.2. The fourth-order valence-corrected chi connectivity index (χ4v) is 4.53. The van der Waals surface area contributed by atoms with E-state index >= 15 is 0 Å². The average Bonchev–Trinajstić information content (AvgIpc) is 3.34. The maximum absolute atomic E-state index is 12.9. The lowest BCUT2D eigenvalue weighted by Gasteiger charge is -2.24. The molecule has 0 saturated carbocycles. The highest BCUT2D eigenvalue weighted by Crippen LogP contribution is 2.18. The number of aromatic nitrogens is 5. The summed E-state index contributed by atoms with van der Waals surface area (Å²) < 4.78 is 7.78. The van der Waals surface area contributed by atoms with Crippen molar-refractivity contribution in [3.63, 3.8) is 0 Å². The third-order valence-corrected chi connectivity index (χ3v) is 5.93. The average molecular weight is 426 g/mol. The molecule has 166 valence electrons. The van der Waals surface area contributed by atoms with Gasteiger partial charge in [0.1, 0.15) is 25.7 Å². The first kappa shape index (κ1) is 21.6. The monoisotopic (exact) mass is 425 g/mol. The van der Waals surface area contributed by atoms with Gasteiger partial charge in [0.2, 0.25) is 5.82 Å². The summed E-state index contributed by atoms with van der Waals surface area (Å²) >= 11 is 0. The second kappa shape index (κ2) is 8.51. The van der Waals surface area contributed by atoms with Crippen LogP contribution in [0.2, 0.25) is 0 Å². The SMILES string of the molecule is Cc1cc(C)c2[nH]c(=O)c(C[NH+](Cc3nnnn3C(C)(C)C)C[C@@H]3CCCO3)cc2c1. The molecule has 3 aromatic rings. The molecule has 4 rings (SSSR count). The molecule has 8 heteroatoms. The number of tetrazole rings is 1. The zero-order valence-electron chi connectivity index (χ0n) is 19.2. The van der Waals surface area contributed by atoms with Gasteiger partial charge in [-0.05, 0) is 81.0 Å². The minimum absolute atomic E-state index is 0.0280. The van der Waals surface area contributed by atoms with Gasteiger partial charge >= 0.3 is 0 Å². The van der Waals surface area contributed by atoms with Crippen molar-refractivity contribution in [3.8, 4) is 0 Å². The third-order valence-electron chi connectivity index (χ3n) is 5.93. The van der Waals surface area contributed by atoms with E-state index in [2.05, 4.69) is 60.3 Å². The zero-order chi connectivity index (χ0) is 22.2. The van der Waals surface area contributed by atoms with Crippen molar-refractivity contribution in [2.75, 3.05) is 13.2 Å². The Labute approximate surface area is 182 Å². The second-order valence-electron chi connectivity index (χ2n) is 9.79. The first-order valence-electron chi connectivity index (χ1n) is 11.1. The number of pyridine rings is 1. The molecular weight excluding hydrogens is 392 g/mol. The number of aromatic amines is 1. The van der Waals surface area contributed by atoms with Crippen LogP contribution in [-0.4, -0.2) is 44.4 Å². The number of aryl methyl sites for hydroxylation is 2. The molecule has 8 nitrogen and oxygen atoms in total. The van der Waals surface area contributed by atoms with Crippen molar-refractivity contribution in [3.05, 3.63) is 51.1 Å². The van der Waals surface area contributed by atoms with Crippen molar-refractivity contribution < 1.29 is 9.64 Å². The molecular formula is C23H33N6O2+. The predicted molar refractivity (Wildman–Crippen MR) is 119 cm³/mol. The molecule has 2 aromatic heterocycles. The highest BCUT2D eigenvalue weighted by atomic mass is 16.5. The summed E-state index contributed by atoms with van der Waals surface area (Å²) in [7, 11) is 0. The van der Waals surface area contributed by atoms with Gasteiger partial charge in [-0.25, -0.2) is 4.68 Å². The molecule has 1 saturated heterocycles. The number of nitrogens with one attached hydrogen (secondary N) is 2. The first-order chi connectivity index (χ1) is 14.7. The Hall–Kier alpha value is -2.58. The quantitative estimate of drug-likeness (QED) is 0.627. The smallest absolute Gasteiger partial charge is 0.257 e. The largest absolute Gasteiger partial charge is 0.372 e. The second-order valence-corrected chi connectivity index (χ2v) is 9.79. The number of ether oxygens (including phenoxy) is 1. The van der Waals surface area contributed by atoms with E-state index in [0.29, 0.717) is 13.1 Å². The molecule has 1 aliphatic heterocycles.